The van der Waals surface area contributed by atoms with Gasteiger partial charge in [0.1, 0.15) is 0 Å². The Balaban J connectivity index is 2.23. The van der Waals surface area contributed by atoms with Crippen molar-refractivity contribution in [1.29, 1.82) is 0 Å². The van der Waals surface area contributed by atoms with Crippen molar-refractivity contribution in [1.82, 2.24) is 5.32 Å². The van der Waals surface area contributed by atoms with Crippen LogP contribution in [0.2, 0.25) is 5.02 Å². The highest BCUT2D eigenvalue weighted by Crippen LogP contribution is 2.35. The lowest BCUT2D eigenvalue weighted by molar-refractivity contribution is 0.252. The van der Waals surface area contributed by atoms with Gasteiger partial charge in [0.05, 0.1) is 0 Å². The highest BCUT2D eigenvalue weighted by atomic mass is 35.5. The Morgan fingerprint density at radius 1 is 1.38 bits per heavy atom. The Morgan fingerprint density at radius 2 is 2.19 bits per heavy atom. The van der Waals surface area contributed by atoms with Crippen LogP contribution in [-0.2, 0) is 0 Å². The van der Waals surface area contributed by atoms with E-state index in [-0.39, 0.29) is 0 Å². The molecular formula is C14H20ClN. The first-order chi connectivity index (χ1) is 7.68. The van der Waals surface area contributed by atoms with Gasteiger partial charge in [-0.3, -0.25) is 0 Å². The molecule has 1 nitrogen and oxygen atoms in total. The van der Waals surface area contributed by atoms with Gasteiger partial charge in [-0.15, -0.1) is 0 Å². The summed E-state index contributed by atoms with van der Waals surface area (Å²) in [5, 5.41) is 4.35. The van der Waals surface area contributed by atoms with Gasteiger partial charge in [0.2, 0.25) is 0 Å². The fourth-order valence-corrected chi connectivity index (χ4v) is 2.98. The zero-order chi connectivity index (χ0) is 11.5. The van der Waals surface area contributed by atoms with Crippen LogP contribution in [-0.4, -0.2) is 13.1 Å². The van der Waals surface area contributed by atoms with E-state index in [9.17, 15) is 0 Å². The number of halogens is 1. The Hall–Kier alpha value is -0.530. The molecule has 1 N–H and O–H groups in total. The molecule has 2 atom stereocenters. The molecule has 0 spiro atoms. The van der Waals surface area contributed by atoms with Crippen molar-refractivity contribution in [3.8, 4) is 0 Å². The Labute approximate surface area is 103 Å². The van der Waals surface area contributed by atoms with Gasteiger partial charge >= 0.3 is 0 Å². The maximum Gasteiger partial charge on any atom is 0.0408 e. The van der Waals surface area contributed by atoms with Crippen molar-refractivity contribution in [2.75, 3.05) is 13.1 Å². The van der Waals surface area contributed by atoms with Crippen molar-refractivity contribution in [3.63, 3.8) is 0 Å². The second-order valence-corrected chi connectivity index (χ2v) is 5.50. The van der Waals surface area contributed by atoms with E-state index >= 15 is 0 Å². The molecule has 1 heterocycles. The molecule has 0 aliphatic carbocycles. The molecule has 16 heavy (non-hydrogen) atoms. The van der Waals surface area contributed by atoms with Gasteiger partial charge in [-0.2, -0.15) is 0 Å². The average Bonchev–Trinajstić information content (AvgIpc) is 2.29. The molecule has 1 fully saturated rings. The second kappa shape index (κ2) is 5.20. The molecule has 88 valence electrons. The zero-order valence-electron chi connectivity index (χ0n) is 10.0. The largest absolute Gasteiger partial charge is 0.316 e. The molecule has 0 aromatic heterocycles. The van der Waals surface area contributed by atoms with Gasteiger partial charge in [0.15, 0.2) is 0 Å². The van der Waals surface area contributed by atoms with Gasteiger partial charge in [0.25, 0.3) is 0 Å². The summed E-state index contributed by atoms with van der Waals surface area (Å²) < 4.78 is 0. The normalized spacial score (nSPS) is 26.0. The number of rotatable bonds is 2. The van der Waals surface area contributed by atoms with Crippen molar-refractivity contribution in [2.45, 2.75) is 26.2 Å². The Morgan fingerprint density at radius 3 is 2.88 bits per heavy atom. The van der Waals surface area contributed by atoms with Gasteiger partial charge in [-0.1, -0.05) is 37.6 Å². The van der Waals surface area contributed by atoms with Crippen molar-refractivity contribution in [2.24, 2.45) is 11.8 Å². The number of piperidine rings is 1. The molecule has 1 aliphatic rings. The second-order valence-electron chi connectivity index (χ2n) is 5.06. The fourth-order valence-electron chi connectivity index (χ4n) is 2.78. The number of benzene rings is 1. The molecule has 0 amide bonds. The molecule has 1 aliphatic heterocycles. The standard InChI is InChI=1S/C14H20ClN/c1-10(2)13-6-7-16-9-14(13)11-4-3-5-12(15)8-11/h3-5,8,10,13-14,16H,6-7,9H2,1-2H3. The van der Waals surface area contributed by atoms with E-state index < -0.39 is 0 Å². The van der Waals surface area contributed by atoms with Gasteiger partial charge < -0.3 is 5.32 Å². The minimum Gasteiger partial charge on any atom is -0.316 e. The third-order valence-electron chi connectivity index (χ3n) is 3.67. The van der Waals surface area contributed by atoms with Crippen LogP contribution in [0.4, 0.5) is 0 Å². The molecule has 1 aromatic carbocycles. The van der Waals surface area contributed by atoms with Crippen molar-refractivity contribution >= 4 is 11.6 Å². The first kappa shape index (κ1) is 11.9. The molecule has 0 saturated carbocycles. The Kier molecular flexibility index (Phi) is 3.88. The van der Waals surface area contributed by atoms with Crippen LogP contribution >= 0.6 is 11.6 Å². The molecular weight excluding hydrogens is 218 g/mol. The lowest BCUT2D eigenvalue weighted by atomic mass is 9.75. The SMILES string of the molecule is CC(C)C1CCNCC1c1cccc(Cl)c1. The monoisotopic (exact) mass is 237 g/mol. The summed E-state index contributed by atoms with van der Waals surface area (Å²) in [4.78, 5) is 0. The van der Waals surface area contributed by atoms with Crippen molar-refractivity contribution in [3.05, 3.63) is 34.9 Å². The maximum atomic E-state index is 6.07. The molecule has 2 rings (SSSR count). The van der Waals surface area contributed by atoms with E-state index in [0.29, 0.717) is 5.92 Å². The molecule has 0 radical (unpaired) electrons. The van der Waals surface area contributed by atoms with Crippen LogP contribution in [0.25, 0.3) is 0 Å². The summed E-state index contributed by atoms with van der Waals surface area (Å²) in [5.41, 5.74) is 1.39. The maximum absolute atomic E-state index is 6.07. The topological polar surface area (TPSA) is 12.0 Å². The minimum atomic E-state index is 0.618. The Bertz CT molecular complexity index is 348. The zero-order valence-corrected chi connectivity index (χ0v) is 10.8. The third kappa shape index (κ3) is 2.58. The van der Waals surface area contributed by atoms with E-state index in [0.717, 1.165) is 29.9 Å². The molecule has 1 aromatic rings. The number of hydrogen-bond donors (Lipinski definition) is 1. The van der Waals surface area contributed by atoms with Crippen molar-refractivity contribution < 1.29 is 0 Å². The molecule has 1 saturated heterocycles. The predicted molar refractivity (Wildman–Crippen MR) is 70.0 cm³/mol. The van der Waals surface area contributed by atoms with E-state index in [1.54, 1.807) is 0 Å². The van der Waals surface area contributed by atoms with Crippen LogP contribution in [0.3, 0.4) is 0 Å². The summed E-state index contributed by atoms with van der Waals surface area (Å²) in [6, 6.07) is 8.34. The fraction of sp³-hybridized carbons (Fsp3) is 0.571. The summed E-state index contributed by atoms with van der Waals surface area (Å²) >= 11 is 6.07. The van der Waals surface area contributed by atoms with Crippen LogP contribution in [0.15, 0.2) is 24.3 Å². The number of hydrogen-bond acceptors (Lipinski definition) is 1. The molecule has 0 bridgehead atoms. The summed E-state index contributed by atoms with van der Waals surface area (Å²) in [5.74, 6) is 2.14. The number of nitrogens with one attached hydrogen (secondary N) is 1. The first-order valence-electron chi connectivity index (χ1n) is 6.14. The molecule has 2 unspecified atom stereocenters. The summed E-state index contributed by atoms with van der Waals surface area (Å²) in [7, 11) is 0. The van der Waals surface area contributed by atoms with Crippen LogP contribution in [0.1, 0.15) is 31.7 Å². The quantitative estimate of drug-likeness (QED) is 0.827. The van der Waals surface area contributed by atoms with Gasteiger partial charge in [-0.25, -0.2) is 0 Å². The molecule has 2 heteroatoms. The third-order valence-corrected chi connectivity index (χ3v) is 3.90. The summed E-state index contributed by atoms with van der Waals surface area (Å²) in [6.45, 7) is 6.89. The highest BCUT2D eigenvalue weighted by Gasteiger charge is 2.28. The van der Waals surface area contributed by atoms with Crippen LogP contribution in [0, 0.1) is 11.8 Å². The summed E-state index contributed by atoms with van der Waals surface area (Å²) in [6.07, 6.45) is 1.27. The first-order valence-corrected chi connectivity index (χ1v) is 6.52. The minimum absolute atomic E-state index is 0.618. The van der Waals surface area contributed by atoms with Gasteiger partial charge in [0, 0.05) is 11.6 Å². The average molecular weight is 238 g/mol. The highest BCUT2D eigenvalue weighted by molar-refractivity contribution is 6.30. The van der Waals surface area contributed by atoms with Gasteiger partial charge in [-0.05, 0) is 48.4 Å². The van der Waals surface area contributed by atoms with Crippen LogP contribution < -0.4 is 5.32 Å². The smallest absolute Gasteiger partial charge is 0.0408 e. The van der Waals surface area contributed by atoms with Crippen LogP contribution in [0.5, 0.6) is 0 Å². The lowest BCUT2D eigenvalue weighted by Gasteiger charge is -2.35. The van der Waals surface area contributed by atoms with E-state index in [1.807, 2.05) is 6.07 Å². The lowest BCUT2D eigenvalue weighted by Crippen LogP contribution is -2.37. The predicted octanol–water partition coefficient (Wildman–Crippen LogP) is 3.69. The van der Waals surface area contributed by atoms with E-state index in [1.165, 1.54) is 12.0 Å². The van der Waals surface area contributed by atoms with E-state index in [4.69, 9.17) is 11.6 Å². The van der Waals surface area contributed by atoms with E-state index in [2.05, 4.69) is 37.4 Å².